The van der Waals surface area contributed by atoms with Crippen LogP contribution in [0.1, 0.15) is 19.3 Å². The Morgan fingerprint density at radius 2 is 2.04 bits per heavy atom. The SMILES string of the molecule is COC(=O)CCN1CCC[C@H](O)[C@@H]1CS(=O)(=O)c1ccccc1. The Morgan fingerprint density at radius 3 is 2.70 bits per heavy atom. The molecule has 0 spiro atoms. The standard InChI is InChI=1S/C16H23NO5S/c1-22-16(19)9-11-17-10-5-8-15(18)14(17)12-23(20,21)13-6-3-2-4-7-13/h2-4,6-7,14-15,18H,5,8-12H2,1H3/t14-,15-/m0/s1. The van der Waals surface area contributed by atoms with Gasteiger partial charge in [0.2, 0.25) is 0 Å². The summed E-state index contributed by atoms with van der Waals surface area (Å²) < 4.78 is 29.7. The van der Waals surface area contributed by atoms with Gasteiger partial charge in [0, 0.05) is 12.6 Å². The minimum Gasteiger partial charge on any atom is -0.469 e. The van der Waals surface area contributed by atoms with E-state index in [0.29, 0.717) is 19.5 Å². The number of aliphatic hydroxyl groups is 1. The summed E-state index contributed by atoms with van der Waals surface area (Å²) in [6, 6.07) is 7.74. The molecule has 0 unspecified atom stereocenters. The summed E-state index contributed by atoms with van der Waals surface area (Å²) >= 11 is 0. The number of nitrogens with zero attached hydrogens (tertiary/aromatic N) is 1. The number of carbonyl (C=O) groups is 1. The Kier molecular flexibility index (Phi) is 6.15. The van der Waals surface area contributed by atoms with Crippen LogP contribution >= 0.6 is 0 Å². The molecule has 0 amide bonds. The molecule has 23 heavy (non-hydrogen) atoms. The van der Waals surface area contributed by atoms with Crippen molar-refractivity contribution >= 4 is 15.8 Å². The molecule has 1 heterocycles. The summed E-state index contributed by atoms with van der Waals surface area (Å²) in [5, 5.41) is 10.2. The monoisotopic (exact) mass is 341 g/mol. The first-order chi connectivity index (χ1) is 10.9. The molecule has 2 rings (SSSR count). The van der Waals surface area contributed by atoms with Gasteiger partial charge in [0.1, 0.15) is 0 Å². The maximum Gasteiger partial charge on any atom is 0.306 e. The average molecular weight is 341 g/mol. The van der Waals surface area contributed by atoms with Crippen LogP contribution < -0.4 is 0 Å². The van der Waals surface area contributed by atoms with Gasteiger partial charge in [0.15, 0.2) is 9.84 Å². The van der Waals surface area contributed by atoms with Gasteiger partial charge in [-0.05, 0) is 31.5 Å². The van der Waals surface area contributed by atoms with Gasteiger partial charge in [-0.1, -0.05) is 18.2 Å². The lowest BCUT2D eigenvalue weighted by Gasteiger charge is -2.38. The Hall–Kier alpha value is -1.44. The molecule has 7 heteroatoms. The molecule has 2 atom stereocenters. The summed E-state index contributed by atoms with van der Waals surface area (Å²) in [6.45, 7) is 1.06. The zero-order valence-electron chi connectivity index (χ0n) is 13.2. The third-order valence-electron chi connectivity index (χ3n) is 4.18. The van der Waals surface area contributed by atoms with Crippen molar-refractivity contribution in [3.63, 3.8) is 0 Å². The van der Waals surface area contributed by atoms with Crippen molar-refractivity contribution in [2.45, 2.75) is 36.3 Å². The van der Waals surface area contributed by atoms with Crippen LogP contribution in [-0.2, 0) is 19.4 Å². The van der Waals surface area contributed by atoms with Gasteiger partial charge in [-0.15, -0.1) is 0 Å². The number of ether oxygens (including phenoxy) is 1. The number of hydrogen-bond donors (Lipinski definition) is 1. The average Bonchev–Trinajstić information content (AvgIpc) is 2.55. The molecule has 1 aliphatic heterocycles. The second-order valence-corrected chi connectivity index (χ2v) is 7.77. The fraction of sp³-hybridized carbons (Fsp3) is 0.562. The summed E-state index contributed by atoms with van der Waals surface area (Å²) in [7, 11) is -2.16. The van der Waals surface area contributed by atoms with Crippen molar-refractivity contribution in [3.05, 3.63) is 30.3 Å². The fourth-order valence-corrected chi connectivity index (χ4v) is 4.53. The Bertz CT molecular complexity index is 617. The summed E-state index contributed by atoms with van der Waals surface area (Å²) in [5.74, 6) is -0.492. The third kappa shape index (κ3) is 4.76. The molecule has 0 bridgehead atoms. The first-order valence-electron chi connectivity index (χ1n) is 7.71. The van der Waals surface area contributed by atoms with Crippen LogP contribution in [0, 0.1) is 0 Å². The summed E-state index contributed by atoms with van der Waals surface area (Å²) in [4.78, 5) is 13.5. The molecule has 0 aromatic heterocycles. The third-order valence-corrected chi connectivity index (χ3v) is 5.95. The molecule has 0 aliphatic carbocycles. The first kappa shape index (κ1) is 17.9. The topological polar surface area (TPSA) is 83.9 Å². The second kappa shape index (κ2) is 7.90. The minimum atomic E-state index is -3.49. The van der Waals surface area contributed by atoms with Gasteiger partial charge in [-0.3, -0.25) is 9.69 Å². The van der Waals surface area contributed by atoms with Crippen LogP contribution in [0.2, 0.25) is 0 Å². The molecule has 0 radical (unpaired) electrons. The number of sulfone groups is 1. The van der Waals surface area contributed by atoms with E-state index in [0.717, 1.165) is 6.42 Å². The second-order valence-electron chi connectivity index (χ2n) is 5.73. The number of hydrogen-bond acceptors (Lipinski definition) is 6. The zero-order chi connectivity index (χ0) is 16.9. The molecule has 128 valence electrons. The minimum absolute atomic E-state index is 0.153. The van der Waals surface area contributed by atoms with E-state index in [4.69, 9.17) is 0 Å². The molecular formula is C16H23NO5S. The lowest BCUT2D eigenvalue weighted by Crippen LogP contribution is -2.52. The van der Waals surface area contributed by atoms with Crippen LogP contribution in [0.15, 0.2) is 35.2 Å². The maximum atomic E-state index is 12.6. The van der Waals surface area contributed by atoms with Crippen molar-refractivity contribution in [3.8, 4) is 0 Å². The number of methoxy groups -OCH3 is 1. The van der Waals surface area contributed by atoms with E-state index >= 15 is 0 Å². The van der Waals surface area contributed by atoms with Crippen molar-refractivity contribution in [1.82, 2.24) is 4.90 Å². The highest BCUT2D eigenvalue weighted by Gasteiger charge is 2.34. The van der Waals surface area contributed by atoms with Crippen molar-refractivity contribution in [2.75, 3.05) is 26.0 Å². The number of rotatable bonds is 6. The number of piperidine rings is 1. The first-order valence-corrected chi connectivity index (χ1v) is 9.36. The molecule has 1 N–H and O–H groups in total. The molecule has 1 saturated heterocycles. The molecule has 1 aromatic carbocycles. The van der Waals surface area contributed by atoms with Crippen molar-refractivity contribution < 1.29 is 23.1 Å². The van der Waals surface area contributed by atoms with Crippen LogP contribution in [0.3, 0.4) is 0 Å². The lowest BCUT2D eigenvalue weighted by atomic mass is 10.00. The molecule has 0 saturated carbocycles. The molecule has 1 aromatic rings. The van der Waals surface area contributed by atoms with Crippen LogP contribution in [-0.4, -0.2) is 62.5 Å². The van der Waals surface area contributed by atoms with Crippen molar-refractivity contribution in [2.24, 2.45) is 0 Å². The Labute approximate surface area is 137 Å². The predicted molar refractivity (Wildman–Crippen MR) is 85.7 cm³/mol. The van der Waals surface area contributed by atoms with Gasteiger partial charge >= 0.3 is 5.97 Å². The van der Waals surface area contributed by atoms with Crippen molar-refractivity contribution in [1.29, 1.82) is 0 Å². The molecule has 1 fully saturated rings. The molecule has 1 aliphatic rings. The Balaban J connectivity index is 2.11. The van der Waals surface area contributed by atoms with E-state index in [1.54, 1.807) is 30.3 Å². The molecule has 6 nitrogen and oxygen atoms in total. The zero-order valence-corrected chi connectivity index (χ0v) is 14.0. The van der Waals surface area contributed by atoms with E-state index in [2.05, 4.69) is 4.74 Å². The number of likely N-dealkylation sites (tertiary alicyclic amines) is 1. The van der Waals surface area contributed by atoms with Gasteiger partial charge in [-0.25, -0.2) is 8.42 Å². The van der Waals surface area contributed by atoms with Gasteiger partial charge < -0.3 is 9.84 Å². The fourth-order valence-electron chi connectivity index (χ4n) is 2.89. The number of benzene rings is 1. The number of aliphatic hydroxyl groups excluding tert-OH is 1. The smallest absolute Gasteiger partial charge is 0.306 e. The van der Waals surface area contributed by atoms with Gasteiger partial charge in [0.25, 0.3) is 0 Å². The normalized spacial score (nSPS) is 22.7. The number of esters is 1. The van der Waals surface area contributed by atoms with Gasteiger partial charge in [0.05, 0.1) is 30.3 Å². The Morgan fingerprint density at radius 1 is 1.35 bits per heavy atom. The van der Waals surface area contributed by atoms with Crippen LogP contribution in [0.5, 0.6) is 0 Å². The van der Waals surface area contributed by atoms with E-state index in [1.807, 2.05) is 4.90 Å². The lowest BCUT2D eigenvalue weighted by molar-refractivity contribution is -0.141. The maximum absolute atomic E-state index is 12.6. The van der Waals surface area contributed by atoms with E-state index in [9.17, 15) is 18.3 Å². The highest BCUT2D eigenvalue weighted by atomic mass is 32.2. The number of carbonyl (C=O) groups excluding carboxylic acids is 1. The quantitative estimate of drug-likeness (QED) is 0.772. The molecular weight excluding hydrogens is 318 g/mol. The highest BCUT2D eigenvalue weighted by Crippen LogP contribution is 2.22. The van der Waals surface area contributed by atoms with E-state index < -0.39 is 22.0 Å². The van der Waals surface area contributed by atoms with E-state index in [-0.39, 0.29) is 23.0 Å². The summed E-state index contributed by atoms with van der Waals surface area (Å²) in [6.07, 6.45) is 0.832. The van der Waals surface area contributed by atoms with Gasteiger partial charge in [-0.2, -0.15) is 0 Å². The van der Waals surface area contributed by atoms with Crippen LogP contribution in [0.4, 0.5) is 0 Å². The predicted octanol–water partition coefficient (Wildman–Crippen LogP) is 0.849. The van der Waals surface area contributed by atoms with E-state index in [1.165, 1.54) is 7.11 Å². The summed E-state index contributed by atoms with van der Waals surface area (Å²) in [5.41, 5.74) is 0. The highest BCUT2D eigenvalue weighted by molar-refractivity contribution is 7.91. The largest absolute Gasteiger partial charge is 0.469 e. The van der Waals surface area contributed by atoms with Crippen LogP contribution in [0.25, 0.3) is 0 Å².